The Kier molecular flexibility index (Phi) is 2.82. The molecule has 5 nitrogen and oxygen atoms in total. The van der Waals surface area contributed by atoms with Crippen molar-refractivity contribution in [3.05, 3.63) is 17.8 Å². The van der Waals surface area contributed by atoms with E-state index >= 15 is 0 Å². The van der Waals surface area contributed by atoms with E-state index in [-0.39, 0.29) is 0 Å². The lowest BCUT2D eigenvalue weighted by atomic mass is 10.4. The summed E-state index contributed by atoms with van der Waals surface area (Å²) in [4.78, 5) is 10.6. The molecule has 1 aromatic rings. The van der Waals surface area contributed by atoms with Crippen LogP contribution in [0.1, 0.15) is 5.69 Å². The summed E-state index contributed by atoms with van der Waals surface area (Å²) >= 11 is 0. The van der Waals surface area contributed by atoms with Crippen LogP contribution in [0.3, 0.4) is 0 Å². The Hall–Kier alpha value is -2.09. The summed E-state index contributed by atoms with van der Waals surface area (Å²) in [6.07, 6.45) is 0. The number of nitrogens with two attached hydrogens (primary N) is 1. The molecule has 1 rings (SSSR count). The van der Waals surface area contributed by atoms with Crippen molar-refractivity contribution in [3.63, 3.8) is 0 Å². The van der Waals surface area contributed by atoms with Gasteiger partial charge in [-0.2, -0.15) is 0 Å². The second-order valence-electron chi connectivity index (χ2n) is 2.09. The van der Waals surface area contributed by atoms with Crippen molar-refractivity contribution >= 4 is 11.8 Å². The Labute approximate surface area is 74.9 Å². The standard InChI is InChI=1S/C8H7N3O2/c1-13-8(12)5-3-6-2-4-7(9)11-10-6/h2,4H,1H3,(H2,9,11). The van der Waals surface area contributed by atoms with Gasteiger partial charge in [0.05, 0.1) is 7.11 Å². The molecule has 0 spiro atoms. The number of ether oxygens (including phenoxy) is 1. The second-order valence-corrected chi connectivity index (χ2v) is 2.09. The lowest BCUT2D eigenvalue weighted by Crippen LogP contribution is -1.96. The number of carbonyl (C=O) groups is 1. The van der Waals surface area contributed by atoms with Crippen molar-refractivity contribution in [1.82, 2.24) is 10.2 Å². The van der Waals surface area contributed by atoms with Crippen LogP contribution in [0.5, 0.6) is 0 Å². The number of anilines is 1. The second kappa shape index (κ2) is 4.07. The van der Waals surface area contributed by atoms with E-state index in [1.807, 2.05) is 0 Å². The van der Waals surface area contributed by atoms with Gasteiger partial charge in [0, 0.05) is 5.92 Å². The molecular formula is C8H7N3O2. The number of hydrogen-bond donors (Lipinski definition) is 1. The molecule has 0 bridgehead atoms. The molecule has 0 unspecified atom stereocenters. The number of nitrogen functional groups attached to an aromatic ring is 1. The van der Waals surface area contributed by atoms with Crippen LogP contribution in [0, 0.1) is 11.8 Å². The minimum absolute atomic E-state index is 0.309. The number of rotatable bonds is 0. The third-order valence-corrected chi connectivity index (χ3v) is 1.16. The van der Waals surface area contributed by atoms with Crippen molar-refractivity contribution in [3.8, 4) is 11.8 Å². The zero-order valence-corrected chi connectivity index (χ0v) is 6.94. The summed E-state index contributed by atoms with van der Waals surface area (Å²) < 4.78 is 4.31. The highest BCUT2D eigenvalue weighted by Crippen LogP contribution is 1.94. The summed E-state index contributed by atoms with van der Waals surface area (Å²) in [5.41, 5.74) is 5.67. The minimum atomic E-state index is -0.612. The van der Waals surface area contributed by atoms with Crippen LogP contribution in [0.4, 0.5) is 5.82 Å². The number of esters is 1. The number of aromatic nitrogens is 2. The maximum absolute atomic E-state index is 10.6. The number of nitrogens with zero attached hydrogens (tertiary/aromatic N) is 2. The summed E-state index contributed by atoms with van der Waals surface area (Å²) in [6.45, 7) is 0. The molecule has 0 aliphatic carbocycles. The van der Waals surface area contributed by atoms with Gasteiger partial charge in [-0.15, -0.1) is 10.2 Å². The molecule has 66 valence electrons. The van der Waals surface area contributed by atoms with E-state index in [9.17, 15) is 4.79 Å². The quantitative estimate of drug-likeness (QED) is 0.430. The van der Waals surface area contributed by atoms with Crippen LogP contribution in [0.2, 0.25) is 0 Å². The van der Waals surface area contributed by atoms with Crippen molar-refractivity contribution in [2.75, 3.05) is 12.8 Å². The first kappa shape index (κ1) is 9.00. The van der Waals surface area contributed by atoms with Gasteiger partial charge in [-0.25, -0.2) is 4.79 Å². The van der Waals surface area contributed by atoms with Crippen LogP contribution < -0.4 is 5.73 Å². The van der Waals surface area contributed by atoms with Gasteiger partial charge >= 0.3 is 5.97 Å². The minimum Gasteiger partial charge on any atom is -0.459 e. The van der Waals surface area contributed by atoms with Gasteiger partial charge in [0.15, 0.2) is 0 Å². The Morgan fingerprint density at radius 2 is 2.31 bits per heavy atom. The SMILES string of the molecule is COC(=O)C#Cc1ccc(N)nn1. The molecule has 1 aromatic heterocycles. The van der Waals surface area contributed by atoms with Crippen molar-refractivity contribution in [1.29, 1.82) is 0 Å². The maximum atomic E-state index is 10.6. The molecule has 0 aliphatic heterocycles. The van der Waals surface area contributed by atoms with E-state index in [0.29, 0.717) is 11.5 Å². The first-order valence-electron chi connectivity index (χ1n) is 3.41. The molecule has 2 N–H and O–H groups in total. The average molecular weight is 177 g/mol. The van der Waals surface area contributed by atoms with E-state index in [4.69, 9.17) is 5.73 Å². The summed E-state index contributed by atoms with van der Waals surface area (Å²) in [5.74, 6) is 4.38. The molecule has 5 heteroatoms. The number of methoxy groups -OCH3 is 1. The Morgan fingerprint density at radius 1 is 1.54 bits per heavy atom. The largest absolute Gasteiger partial charge is 0.459 e. The van der Waals surface area contributed by atoms with Crippen LogP contribution in [0.15, 0.2) is 12.1 Å². The zero-order valence-electron chi connectivity index (χ0n) is 6.94. The first-order valence-corrected chi connectivity index (χ1v) is 3.41. The highest BCUT2D eigenvalue weighted by atomic mass is 16.5. The van der Waals surface area contributed by atoms with Gasteiger partial charge < -0.3 is 10.5 Å². The highest BCUT2D eigenvalue weighted by molar-refractivity contribution is 5.88. The van der Waals surface area contributed by atoms with Gasteiger partial charge in [-0.1, -0.05) is 0 Å². The summed E-state index contributed by atoms with van der Waals surface area (Å²) in [5, 5.41) is 7.18. The van der Waals surface area contributed by atoms with E-state index in [1.54, 1.807) is 12.1 Å². The molecule has 0 aromatic carbocycles. The van der Waals surface area contributed by atoms with Crippen LogP contribution >= 0.6 is 0 Å². The Morgan fingerprint density at radius 3 is 2.85 bits per heavy atom. The molecule has 0 radical (unpaired) electrons. The third kappa shape index (κ3) is 2.79. The normalized spacial score (nSPS) is 8.38. The van der Waals surface area contributed by atoms with Crippen LogP contribution in [0.25, 0.3) is 0 Å². The molecule has 0 amide bonds. The smallest absolute Gasteiger partial charge is 0.384 e. The fourth-order valence-corrected chi connectivity index (χ4v) is 0.575. The molecule has 0 fully saturated rings. The number of hydrogen-bond acceptors (Lipinski definition) is 5. The lowest BCUT2D eigenvalue weighted by molar-refractivity contribution is -0.133. The first-order chi connectivity index (χ1) is 6.22. The van der Waals surface area contributed by atoms with E-state index in [2.05, 4.69) is 26.8 Å². The van der Waals surface area contributed by atoms with E-state index < -0.39 is 5.97 Å². The number of carbonyl (C=O) groups excluding carboxylic acids is 1. The van der Waals surface area contributed by atoms with Gasteiger partial charge in [-0.3, -0.25) is 0 Å². The highest BCUT2D eigenvalue weighted by Gasteiger charge is 1.92. The fourth-order valence-electron chi connectivity index (χ4n) is 0.575. The van der Waals surface area contributed by atoms with Gasteiger partial charge in [0.1, 0.15) is 11.5 Å². The molecule has 1 heterocycles. The van der Waals surface area contributed by atoms with E-state index in [0.717, 1.165) is 0 Å². The van der Waals surface area contributed by atoms with Crippen molar-refractivity contribution in [2.45, 2.75) is 0 Å². The van der Waals surface area contributed by atoms with E-state index in [1.165, 1.54) is 7.11 Å². The summed E-state index contributed by atoms with van der Waals surface area (Å²) in [6, 6.07) is 3.12. The molecular weight excluding hydrogens is 170 g/mol. The van der Waals surface area contributed by atoms with Crippen LogP contribution in [-0.4, -0.2) is 23.3 Å². The molecule has 0 saturated heterocycles. The predicted octanol–water partition coefficient (Wildman–Crippen LogP) is -0.417. The van der Waals surface area contributed by atoms with Gasteiger partial charge in [0.2, 0.25) is 0 Å². The average Bonchev–Trinajstić information content (AvgIpc) is 2.16. The van der Waals surface area contributed by atoms with Crippen molar-refractivity contribution < 1.29 is 9.53 Å². The van der Waals surface area contributed by atoms with Crippen molar-refractivity contribution in [2.24, 2.45) is 0 Å². The lowest BCUT2D eigenvalue weighted by Gasteiger charge is -1.89. The topological polar surface area (TPSA) is 78.1 Å². The predicted molar refractivity (Wildman–Crippen MR) is 45.3 cm³/mol. The molecule has 0 aliphatic rings. The Balaban J connectivity index is 2.78. The van der Waals surface area contributed by atoms with Gasteiger partial charge in [-0.05, 0) is 18.1 Å². The molecule has 0 atom stereocenters. The van der Waals surface area contributed by atoms with Crippen LogP contribution in [-0.2, 0) is 9.53 Å². The zero-order chi connectivity index (χ0) is 9.68. The monoisotopic (exact) mass is 177 g/mol. The Bertz CT molecular complexity index is 361. The third-order valence-electron chi connectivity index (χ3n) is 1.16. The summed E-state index contributed by atoms with van der Waals surface area (Å²) in [7, 11) is 1.26. The molecule has 13 heavy (non-hydrogen) atoms. The maximum Gasteiger partial charge on any atom is 0.384 e. The fraction of sp³-hybridized carbons (Fsp3) is 0.125. The van der Waals surface area contributed by atoms with Gasteiger partial charge in [0.25, 0.3) is 0 Å². The molecule has 0 saturated carbocycles.